The average Bonchev–Trinajstić information content (AvgIpc) is 3.90. The molecule has 5 aromatic rings. The van der Waals surface area contributed by atoms with Crippen LogP contribution in [0, 0.1) is 0 Å². The number of nitrogens with zero attached hydrogens (tertiary/aromatic N) is 2. The van der Waals surface area contributed by atoms with E-state index in [9.17, 15) is 36.9 Å². The van der Waals surface area contributed by atoms with Crippen molar-refractivity contribution in [2.75, 3.05) is 52.3 Å². The number of nitrogens with one attached hydrogen (secondary N) is 5. The van der Waals surface area contributed by atoms with Gasteiger partial charge in [0.2, 0.25) is 17.7 Å². The third-order valence-electron chi connectivity index (χ3n) is 13.7. The Morgan fingerprint density at radius 2 is 1.30 bits per heavy atom. The highest BCUT2D eigenvalue weighted by Gasteiger charge is 2.44. The van der Waals surface area contributed by atoms with E-state index in [1.165, 1.54) is 27.2 Å². The number of benzene rings is 5. The molecule has 20 heteroatoms. The highest BCUT2D eigenvalue weighted by molar-refractivity contribution is 7.85. The lowest BCUT2D eigenvalue weighted by Gasteiger charge is -2.29. The van der Waals surface area contributed by atoms with Gasteiger partial charge in [0.1, 0.15) is 25.3 Å². The molecule has 0 aromatic heterocycles. The lowest BCUT2D eigenvalue weighted by Crippen LogP contribution is -2.50. The number of methoxy groups -OCH3 is 2. The van der Waals surface area contributed by atoms with E-state index in [-0.39, 0.29) is 60.2 Å². The molecule has 0 fully saturated rings. The Labute approximate surface area is 429 Å². The zero-order valence-electron chi connectivity index (χ0n) is 41.7. The van der Waals surface area contributed by atoms with E-state index >= 15 is 0 Å². The quantitative estimate of drug-likeness (QED) is 0.0532. The normalized spacial score (nSPS) is 18.0. The summed E-state index contributed by atoms with van der Waals surface area (Å²) in [5, 5.41) is 14.9. The van der Waals surface area contributed by atoms with E-state index in [0.29, 0.717) is 71.1 Å². The number of hydrogen-bond acceptors (Lipinski definition) is 13. The van der Waals surface area contributed by atoms with Crippen molar-refractivity contribution in [2.24, 2.45) is 0 Å². The number of ether oxygens (including phenoxy) is 4. The van der Waals surface area contributed by atoms with E-state index in [1.54, 1.807) is 60.4 Å². The first-order chi connectivity index (χ1) is 35.5. The number of carbonyl (C=O) groups is 5. The van der Waals surface area contributed by atoms with Crippen LogP contribution in [0.2, 0.25) is 0 Å². The van der Waals surface area contributed by atoms with Gasteiger partial charge in [-0.2, -0.15) is 8.42 Å². The Kier molecular flexibility index (Phi) is 14.7. The van der Waals surface area contributed by atoms with E-state index in [4.69, 9.17) is 18.9 Å². The highest BCUT2D eigenvalue weighted by Crippen LogP contribution is 2.44. The van der Waals surface area contributed by atoms with Gasteiger partial charge in [-0.25, -0.2) is 0 Å². The second kappa shape index (κ2) is 21.3. The van der Waals surface area contributed by atoms with Crippen molar-refractivity contribution in [3.63, 3.8) is 0 Å². The topological polar surface area (TPSA) is 243 Å². The molecule has 6 N–H and O–H groups in total. The lowest BCUT2D eigenvalue weighted by atomic mass is 10.0. The van der Waals surface area contributed by atoms with Crippen molar-refractivity contribution in [1.29, 1.82) is 0 Å². The van der Waals surface area contributed by atoms with Crippen molar-refractivity contribution < 1.29 is 55.9 Å². The fourth-order valence-corrected chi connectivity index (χ4v) is 10.8. The Hall–Kier alpha value is -7.84. The minimum Gasteiger partial charge on any atom is -0.493 e. The third kappa shape index (κ3) is 10.8. The number of rotatable bonds is 18. The maximum atomic E-state index is 14.4. The molecule has 0 spiro atoms. The van der Waals surface area contributed by atoms with Crippen LogP contribution in [-0.2, 0) is 50.6 Å². The SMILES string of the molecule is CCCCC(=O)N[C@@H](C)C(=O)N[C@@H](C)C(=O)Nc1cc(COc2cc3c(cc2OC)C(=O)N2c4ccccc4C[C@H]2CN3)cc(COc2cc3c(cc2OC)C(=O)N2c4ccccc4C[C@H]2C(CS(=O)(=O)O)N3)c1. The van der Waals surface area contributed by atoms with Crippen molar-refractivity contribution in [3.05, 3.63) is 124 Å². The second-order valence-corrected chi connectivity index (χ2v) is 20.4. The first-order valence-corrected chi connectivity index (χ1v) is 26.1. The molecule has 388 valence electrons. The predicted octanol–water partition coefficient (Wildman–Crippen LogP) is 6.25. The number of para-hydroxylation sites is 2. The number of unbranched alkanes of at least 4 members (excludes halogenated alkanes) is 1. The van der Waals surface area contributed by atoms with E-state index in [2.05, 4.69) is 26.6 Å². The molecule has 0 saturated heterocycles. The van der Waals surface area contributed by atoms with Gasteiger partial charge < -0.3 is 55.3 Å². The van der Waals surface area contributed by atoms with Gasteiger partial charge in [-0.15, -0.1) is 0 Å². The van der Waals surface area contributed by atoms with Crippen LogP contribution in [0.15, 0.2) is 91.0 Å². The summed E-state index contributed by atoms with van der Waals surface area (Å²) >= 11 is 0. The minimum absolute atomic E-state index is 0.0480. The Morgan fingerprint density at radius 1 is 0.730 bits per heavy atom. The molecule has 1 unspecified atom stereocenters. The average molecular weight is 1030 g/mol. The van der Waals surface area contributed by atoms with Crippen LogP contribution in [0.3, 0.4) is 0 Å². The van der Waals surface area contributed by atoms with Crippen LogP contribution in [0.5, 0.6) is 23.0 Å². The van der Waals surface area contributed by atoms with Gasteiger partial charge in [-0.1, -0.05) is 49.7 Å². The molecule has 0 bridgehead atoms. The van der Waals surface area contributed by atoms with Crippen LogP contribution in [0.4, 0.5) is 28.4 Å². The predicted molar refractivity (Wildman–Crippen MR) is 278 cm³/mol. The van der Waals surface area contributed by atoms with Gasteiger partial charge in [0, 0.05) is 42.2 Å². The van der Waals surface area contributed by atoms with E-state index in [1.807, 2.05) is 48.2 Å². The zero-order valence-corrected chi connectivity index (χ0v) is 42.5. The summed E-state index contributed by atoms with van der Waals surface area (Å²) in [7, 11) is -1.58. The largest absolute Gasteiger partial charge is 0.493 e. The Balaban J connectivity index is 0.985. The van der Waals surface area contributed by atoms with Crippen LogP contribution >= 0.6 is 0 Å². The Morgan fingerprint density at radius 3 is 1.92 bits per heavy atom. The second-order valence-electron chi connectivity index (χ2n) is 18.9. The molecule has 4 aliphatic rings. The molecule has 5 amide bonds. The third-order valence-corrected chi connectivity index (χ3v) is 14.5. The van der Waals surface area contributed by atoms with Gasteiger partial charge in [0.15, 0.2) is 23.0 Å². The molecule has 9 rings (SSSR count). The summed E-state index contributed by atoms with van der Waals surface area (Å²) in [6, 6.07) is 23.3. The van der Waals surface area contributed by atoms with Gasteiger partial charge in [0.25, 0.3) is 21.9 Å². The van der Waals surface area contributed by atoms with Crippen LogP contribution in [-0.4, -0.2) is 99.2 Å². The molecule has 4 heterocycles. The fraction of sp³-hybridized carbons (Fsp3) is 0.352. The number of fused-ring (bicyclic) bond motifs is 8. The Bertz CT molecular complexity index is 3150. The van der Waals surface area contributed by atoms with Gasteiger partial charge in [-0.3, -0.25) is 28.5 Å². The molecule has 74 heavy (non-hydrogen) atoms. The van der Waals surface area contributed by atoms with Crippen molar-refractivity contribution >= 4 is 68.1 Å². The van der Waals surface area contributed by atoms with E-state index < -0.39 is 57.8 Å². The minimum atomic E-state index is -4.50. The first-order valence-electron chi connectivity index (χ1n) is 24.5. The smallest absolute Gasteiger partial charge is 0.266 e. The number of carbonyl (C=O) groups excluding carboxylic acids is 5. The molecular formula is C54H59N7O12S. The van der Waals surface area contributed by atoms with E-state index in [0.717, 1.165) is 23.2 Å². The summed E-state index contributed by atoms with van der Waals surface area (Å²) in [6.07, 6.45) is 2.85. The zero-order chi connectivity index (χ0) is 52.4. The van der Waals surface area contributed by atoms with Crippen LogP contribution in [0.1, 0.15) is 83.0 Å². The van der Waals surface area contributed by atoms with Crippen LogP contribution < -0.4 is 55.3 Å². The lowest BCUT2D eigenvalue weighted by molar-refractivity contribution is -0.130. The molecule has 5 atom stereocenters. The summed E-state index contributed by atoms with van der Waals surface area (Å²) < 4.78 is 59.2. The van der Waals surface area contributed by atoms with Gasteiger partial charge in [0.05, 0.1) is 60.6 Å². The molecular weight excluding hydrogens is 971 g/mol. The van der Waals surface area contributed by atoms with Gasteiger partial charge in [-0.05, 0) is 97.8 Å². The molecule has 4 aliphatic heterocycles. The molecule has 0 saturated carbocycles. The van der Waals surface area contributed by atoms with Crippen LogP contribution in [0.25, 0.3) is 0 Å². The van der Waals surface area contributed by atoms with Crippen molar-refractivity contribution in [2.45, 2.75) is 96.3 Å². The first kappa shape index (κ1) is 51.1. The maximum Gasteiger partial charge on any atom is 0.266 e. The number of amides is 5. The van der Waals surface area contributed by atoms with Gasteiger partial charge >= 0.3 is 0 Å². The number of hydrogen-bond donors (Lipinski definition) is 6. The monoisotopic (exact) mass is 1030 g/mol. The maximum absolute atomic E-state index is 14.4. The summed E-state index contributed by atoms with van der Waals surface area (Å²) in [5.41, 5.74) is 6.42. The molecule has 0 aliphatic carbocycles. The molecule has 0 radical (unpaired) electrons. The summed E-state index contributed by atoms with van der Waals surface area (Å²) in [4.78, 5) is 71.0. The standard InChI is InChI=1S/C54H59N7O12S/c1-6-7-16-50(62)56-30(2)51(63)57-31(3)52(64)58-36-18-32(27-72-48-24-40-38(22-46(48)70-4)53(65)60-37(26-55-40)20-34-12-8-10-14-43(34)60)17-33(19-36)28-73-49-25-41-39(23-47(49)71-5)54(66)61-44-15-11-9-13-35(44)21-45(61)42(59-41)29-74(67,68)69/h8-15,17-19,22-25,30-31,37,42,45,55,59H,6-7,16,20-21,26-29H2,1-5H3,(H,56,62)(H,57,63)(H,58,64)(H,67,68,69)/t30-,31-,37-,42?,45-/m0/s1. The summed E-state index contributed by atoms with van der Waals surface area (Å²) in [5.74, 6) is -1.50. The van der Waals surface area contributed by atoms with Crippen molar-refractivity contribution in [1.82, 2.24) is 10.6 Å². The summed E-state index contributed by atoms with van der Waals surface area (Å²) in [6.45, 7) is 5.37. The van der Waals surface area contributed by atoms with Crippen molar-refractivity contribution in [3.8, 4) is 23.0 Å². The molecule has 5 aromatic carbocycles. The number of anilines is 5. The highest BCUT2D eigenvalue weighted by atomic mass is 32.2. The fourth-order valence-electron chi connectivity index (χ4n) is 10.0. The molecule has 19 nitrogen and oxygen atoms in total.